The molecule has 0 spiro atoms. The number of nitrogens with one attached hydrogen (secondary N) is 3. The van der Waals surface area contributed by atoms with Crippen LogP contribution in [-0.2, 0) is 23.1 Å². The lowest BCUT2D eigenvalue weighted by molar-refractivity contribution is 0.408. The average Bonchev–Trinajstić information content (AvgIpc) is 2.71. The molecular weight excluding hydrogens is 503 g/mol. The van der Waals surface area contributed by atoms with Gasteiger partial charge >= 0.3 is 0 Å². The van der Waals surface area contributed by atoms with Crippen LogP contribution in [0.4, 0.5) is 0 Å². The molecule has 2 aromatic carbocycles. The largest absolute Gasteiger partial charge is 0.496 e. The van der Waals surface area contributed by atoms with E-state index in [4.69, 9.17) is 4.74 Å². The van der Waals surface area contributed by atoms with Crippen molar-refractivity contribution in [3.8, 4) is 5.75 Å². The number of guanidine groups is 1. The standard InChI is InChI=1S/C20H28N4O3S.HI/c1-5-22-20(24-14-17-9-6-15(2)12-19(17)27-4)23-13-16-7-10-18(11-8-16)28(25,26)21-3;/h6-12,21H,5,13-14H2,1-4H3,(H2,22,23,24);1H. The summed E-state index contributed by atoms with van der Waals surface area (Å²) in [7, 11) is -0.370. The van der Waals surface area contributed by atoms with E-state index in [9.17, 15) is 8.42 Å². The summed E-state index contributed by atoms with van der Waals surface area (Å²) in [6, 6.07) is 12.8. The molecule has 0 saturated heterocycles. The zero-order valence-corrected chi connectivity index (χ0v) is 20.3. The smallest absolute Gasteiger partial charge is 0.240 e. The molecule has 0 radical (unpaired) electrons. The van der Waals surface area contributed by atoms with Crippen LogP contribution >= 0.6 is 24.0 Å². The molecule has 29 heavy (non-hydrogen) atoms. The molecule has 3 N–H and O–H groups in total. The Morgan fingerprint density at radius 1 is 1.10 bits per heavy atom. The number of benzene rings is 2. The van der Waals surface area contributed by atoms with Crippen molar-refractivity contribution in [2.45, 2.75) is 31.8 Å². The highest BCUT2D eigenvalue weighted by molar-refractivity contribution is 14.0. The van der Waals surface area contributed by atoms with E-state index in [2.05, 4.69) is 20.3 Å². The van der Waals surface area contributed by atoms with E-state index >= 15 is 0 Å². The second-order valence-electron chi connectivity index (χ2n) is 6.22. The number of halogens is 1. The predicted molar refractivity (Wildman–Crippen MR) is 127 cm³/mol. The van der Waals surface area contributed by atoms with E-state index in [0.717, 1.165) is 29.0 Å². The highest BCUT2D eigenvalue weighted by Gasteiger charge is 2.10. The first-order valence-electron chi connectivity index (χ1n) is 9.07. The summed E-state index contributed by atoms with van der Waals surface area (Å²) in [6.45, 7) is 5.77. The van der Waals surface area contributed by atoms with Crippen molar-refractivity contribution in [1.82, 2.24) is 15.4 Å². The lowest BCUT2D eigenvalue weighted by Crippen LogP contribution is -2.36. The van der Waals surface area contributed by atoms with Gasteiger partial charge in [-0.15, -0.1) is 24.0 Å². The molecule has 0 aliphatic heterocycles. The van der Waals surface area contributed by atoms with Crippen LogP contribution in [-0.4, -0.2) is 35.1 Å². The number of rotatable bonds is 8. The molecule has 0 fully saturated rings. The van der Waals surface area contributed by atoms with Gasteiger partial charge in [-0.25, -0.2) is 18.1 Å². The summed E-state index contributed by atoms with van der Waals surface area (Å²) >= 11 is 0. The summed E-state index contributed by atoms with van der Waals surface area (Å²) < 4.78 is 31.3. The minimum absolute atomic E-state index is 0. The quantitative estimate of drug-likeness (QED) is 0.277. The van der Waals surface area contributed by atoms with Crippen LogP contribution in [0.1, 0.15) is 23.6 Å². The molecule has 160 valence electrons. The molecule has 9 heteroatoms. The Morgan fingerprint density at radius 3 is 2.38 bits per heavy atom. The average molecular weight is 532 g/mol. The van der Waals surface area contributed by atoms with Gasteiger partial charge in [-0.1, -0.05) is 24.3 Å². The lowest BCUT2D eigenvalue weighted by atomic mass is 10.1. The monoisotopic (exact) mass is 532 g/mol. The van der Waals surface area contributed by atoms with Gasteiger partial charge in [0.1, 0.15) is 5.75 Å². The number of ether oxygens (including phenoxy) is 1. The third kappa shape index (κ3) is 7.48. The Hall–Kier alpha value is -1.85. The van der Waals surface area contributed by atoms with Gasteiger partial charge in [0.15, 0.2) is 5.96 Å². The topological polar surface area (TPSA) is 91.8 Å². The van der Waals surface area contributed by atoms with Gasteiger partial charge < -0.3 is 15.4 Å². The highest BCUT2D eigenvalue weighted by Crippen LogP contribution is 2.19. The second kappa shape index (κ2) is 12.0. The summed E-state index contributed by atoms with van der Waals surface area (Å²) in [4.78, 5) is 4.81. The van der Waals surface area contributed by atoms with Gasteiger partial charge in [-0.05, 0) is 50.2 Å². The first-order chi connectivity index (χ1) is 13.4. The first kappa shape index (κ1) is 25.2. The molecular formula is C20H29IN4O3S. The summed E-state index contributed by atoms with van der Waals surface area (Å²) in [5.41, 5.74) is 3.10. The van der Waals surface area contributed by atoms with Crippen LogP contribution < -0.4 is 20.1 Å². The summed E-state index contributed by atoms with van der Waals surface area (Å²) in [5, 5.41) is 6.51. The molecule has 0 aromatic heterocycles. The van der Waals surface area contributed by atoms with Gasteiger partial charge in [0.05, 0.1) is 18.6 Å². The molecule has 0 aliphatic rings. The van der Waals surface area contributed by atoms with Gasteiger partial charge in [0, 0.05) is 18.7 Å². The SMILES string of the molecule is CCNC(=NCc1ccc(S(=O)(=O)NC)cc1)NCc1ccc(C)cc1OC.I. The fourth-order valence-corrected chi connectivity index (χ4v) is 3.31. The van der Waals surface area contributed by atoms with E-state index in [-0.39, 0.29) is 28.9 Å². The molecule has 0 bridgehead atoms. The minimum atomic E-state index is -3.43. The lowest BCUT2D eigenvalue weighted by Gasteiger charge is -2.14. The van der Waals surface area contributed by atoms with Gasteiger partial charge in [0.25, 0.3) is 0 Å². The van der Waals surface area contributed by atoms with Crippen molar-refractivity contribution in [3.63, 3.8) is 0 Å². The van der Waals surface area contributed by atoms with Crippen molar-refractivity contribution < 1.29 is 13.2 Å². The molecule has 0 saturated carbocycles. The maximum absolute atomic E-state index is 11.8. The molecule has 0 aliphatic carbocycles. The Morgan fingerprint density at radius 2 is 1.79 bits per heavy atom. The van der Waals surface area contributed by atoms with Crippen LogP contribution in [0.2, 0.25) is 0 Å². The summed E-state index contributed by atoms with van der Waals surface area (Å²) in [5.74, 6) is 1.52. The van der Waals surface area contributed by atoms with Crippen LogP contribution in [0.3, 0.4) is 0 Å². The molecule has 2 rings (SSSR count). The van der Waals surface area contributed by atoms with E-state index in [1.165, 1.54) is 7.05 Å². The molecule has 2 aromatic rings. The van der Waals surface area contributed by atoms with Crippen LogP contribution in [0.25, 0.3) is 0 Å². The Kier molecular flexibility index (Phi) is 10.4. The number of aliphatic imine (C=N–C) groups is 1. The molecule has 0 amide bonds. The third-order valence-corrected chi connectivity index (χ3v) is 5.59. The van der Waals surface area contributed by atoms with Gasteiger partial charge in [-0.2, -0.15) is 0 Å². The van der Waals surface area contributed by atoms with E-state index in [0.29, 0.717) is 19.0 Å². The van der Waals surface area contributed by atoms with Gasteiger partial charge in [0.2, 0.25) is 10.0 Å². The number of hydrogen-bond donors (Lipinski definition) is 3. The second-order valence-corrected chi connectivity index (χ2v) is 8.10. The number of aryl methyl sites for hydroxylation is 1. The maximum Gasteiger partial charge on any atom is 0.240 e. The van der Waals surface area contributed by atoms with Crippen molar-refractivity contribution in [1.29, 1.82) is 0 Å². The van der Waals surface area contributed by atoms with Crippen molar-refractivity contribution in [3.05, 3.63) is 59.2 Å². The van der Waals surface area contributed by atoms with Crippen molar-refractivity contribution in [2.75, 3.05) is 20.7 Å². The molecule has 7 nitrogen and oxygen atoms in total. The third-order valence-electron chi connectivity index (χ3n) is 4.16. The first-order valence-corrected chi connectivity index (χ1v) is 10.6. The Labute approximate surface area is 190 Å². The van der Waals surface area contributed by atoms with Crippen LogP contribution in [0, 0.1) is 6.92 Å². The predicted octanol–water partition coefficient (Wildman–Crippen LogP) is 2.79. The number of methoxy groups -OCH3 is 1. The molecule has 0 unspecified atom stereocenters. The van der Waals surface area contributed by atoms with Crippen LogP contribution in [0.5, 0.6) is 5.75 Å². The van der Waals surface area contributed by atoms with E-state index < -0.39 is 10.0 Å². The van der Waals surface area contributed by atoms with Crippen molar-refractivity contribution in [2.24, 2.45) is 4.99 Å². The maximum atomic E-state index is 11.8. The number of sulfonamides is 1. The fourth-order valence-electron chi connectivity index (χ4n) is 2.58. The number of hydrogen-bond acceptors (Lipinski definition) is 4. The highest BCUT2D eigenvalue weighted by atomic mass is 127. The van der Waals surface area contributed by atoms with Crippen LogP contribution in [0.15, 0.2) is 52.4 Å². The number of nitrogens with zero attached hydrogens (tertiary/aromatic N) is 1. The Balaban J connectivity index is 0.00000420. The molecule has 0 atom stereocenters. The zero-order chi connectivity index (χ0) is 20.6. The van der Waals surface area contributed by atoms with Gasteiger partial charge in [-0.3, -0.25) is 0 Å². The minimum Gasteiger partial charge on any atom is -0.496 e. The Bertz CT molecular complexity index is 916. The normalized spacial score (nSPS) is 11.5. The van der Waals surface area contributed by atoms with Crippen molar-refractivity contribution >= 4 is 40.0 Å². The zero-order valence-electron chi connectivity index (χ0n) is 17.2. The summed E-state index contributed by atoms with van der Waals surface area (Å²) in [6.07, 6.45) is 0. The molecule has 0 heterocycles. The van der Waals surface area contributed by atoms with E-state index in [1.807, 2.05) is 32.0 Å². The van der Waals surface area contributed by atoms with E-state index in [1.54, 1.807) is 31.4 Å². The fraction of sp³-hybridized carbons (Fsp3) is 0.350.